The highest BCUT2D eigenvalue weighted by Crippen LogP contribution is 2.62. The van der Waals surface area contributed by atoms with Gasteiger partial charge in [-0.3, -0.25) is 8.42 Å². The molecule has 11 heteroatoms. The summed E-state index contributed by atoms with van der Waals surface area (Å²) in [5.41, 5.74) is 2.85. The number of aromatic hydroxyl groups is 1. The predicted octanol–water partition coefficient (Wildman–Crippen LogP) is 11.2. The van der Waals surface area contributed by atoms with Gasteiger partial charge in [-0.2, -0.15) is 22.0 Å². The normalized spacial score (nSPS) is 27.2. The summed E-state index contributed by atoms with van der Waals surface area (Å²) in [5.74, 6) is -0.187. The standard InChI is InChI=1S/C41H65F5O4S2/c1-39-24-22-35-34-19-18-33(47)30-32(34)29-31(38(35)36(39)20-21-37(39)48)17-12-8-4-2-5-9-13-25-51(49)26-14-10-6-3-7-11-15-27-52(50)28-16-23-40(42,43)41(44,45)46/h18-19,30-31,35-38,47-48H,2-17,20-29H2,1H3/t31-,35-,36+,37+,38-,39+,51+,52-/m1/s1. The zero-order chi connectivity index (χ0) is 37.8. The number of hydrogen-bond acceptors (Lipinski definition) is 4. The maximum Gasteiger partial charge on any atom is 0.453 e. The van der Waals surface area contributed by atoms with Crippen molar-refractivity contribution in [3.05, 3.63) is 29.3 Å². The zero-order valence-corrected chi connectivity index (χ0v) is 33.1. The van der Waals surface area contributed by atoms with Crippen LogP contribution in [0.5, 0.6) is 5.75 Å². The highest BCUT2D eigenvalue weighted by Gasteiger charge is 2.57. The maximum atomic E-state index is 12.9. The van der Waals surface area contributed by atoms with E-state index in [0.717, 1.165) is 95.0 Å². The SMILES string of the molecule is C[C@]12CC[C@@H]3c4ccc(O)cc4C[C@@H](CCCCCCCCC[S@](=O)CCCCCCCCC[S@@](=O)CCCC(F)(F)C(F)(F)F)[C@H]3[C@@H]1CC[C@@H]2O. The molecule has 1 aromatic rings. The Hall–Kier alpha value is -1.07. The molecule has 0 radical (unpaired) electrons. The highest BCUT2D eigenvalue weighted by molar-refractivity contribution is 7.85. The summed E-state index contributed by atoms with van der Waals surface area (Å²) >= 11 is 0. The van der Waals surface area contributed by atoms with Crippen LogP contribution >= 0.6 is 0 Å². The average molecular weight is 781 g/mol. The van der Waals surface area contributed by atoms with E-state index in [1.807, 2.05) is 12.1 Å². The Labute approximate surface area is 314 Å². The van der Waals surface area contributed by atoms with Crippen LogP contribution in [-0.2, 0) is 28.0 Å². The van der Waals surface area contributed by atoms with Gasteiger partial charge >= 0.3 is 12.1 Å². The number of phenols is 1. The van der Waals surface area contributed by atoms with E-state index < -0.39 is 46.5 Å². The molecule has 8 atom stereocenters. The summed E-state index contributed by atoms with van der Waals surface area (Å²) in [5, 5.41) is 21.1. The van der Waals surface area contributed by atoms with Crippen molar-refractivity contribution in [2.24, 2.45) is 23.2 Å². The number of rotatable bonds is 24. The number of phenolic OH excluding ortho intramolecular Hbond substituents is 1. The molecule has 4 rings (SSSR count). The van der Waals surface area contributed by atoms with E-state index in [4.69, 9.17) is 0 Å². The second-order valence-electron chi connectivity index (χ2n) is 16.5. The van der Waals surface area contributed by atoms with Crippen LogP contribution in [0.3, 0.4) is 0 Å². The Morgan fingerprint density at radius 3 is 1.81 bits per heavy atom. The Balaban J connectivity index is 0.971. The highest BCUT2D eigenvalue weighted by atomic mass is 32.2. The lowest BCUT2D eigenvalue weighted by molar-refractivity contribution is -0.284. The van der Waals surface area contributed by atoms with Gasteiger partial charge in [0, 0.05) is 51.0 Å². The number of alkyl halides is 5. The van der Waals surface area contributed by atoms with Crippen LogP contribution in [0, 0.1) is 23.2 Å². The van der Waals surface area contributed by atoms with Gasteiger partial charge < -0.3 is 10.2 Å². The molecule has 0 spiro atoms. The van der Waals surface area contributed by atoms with Gasteiger partial charge in [-0.05, 0) is 117 Å². The number of unbranched alkanes of at least 4 members (excludes halogenated alkanes) is 12. The minimum Gasteiger partial charge on any atom is -0.508 e. The molecule has 0 amide bonds. The second kappa shape index (κ2) is 20.7. The fourth-order valence-electron chi connectivity index (χ4n) is 9.80. The number of hydrogen-bond donors (Lipinski definition) is 2. The minimum absolute atomic E-state index is 0.0551. The van der Waals surface area contributed by atoms with Crippen LogP contribution in [0.25, 0.3) is 0 Å². The maximum absolute atomic E-state index is 12.9. The van der Waals surface area contributed by atoms with E-state index >= 15 is 0 Å². The average Bonchev–Trinajstić information content (AvgIpc) is 3.39. The Morgan fingerprint density at radius 1 is 0.731 bits per heavy atom. The van der Waals surface area contributed by atoms with E-state index in [2.05, 4.69) is 13.0 Å². The van der Waals surface area contributed by atoms with Gasteiger partial charge in [0.25, 0.3) is 0 Å². The van der Waals surface area contributed by atoms with Crippen molar-refractivity contribution >= 4 is 21.6 Å². The van der Waals surface area contributed by atoms with Crippen LogP contribution < -0.4 is 0 Å². The first-order valence-corrected chi connectivity index (χ1v) is 23.3. The van der Waals surface area contributed by atoms with Crippen LogP contribution in [0.4, 0.5) is 22.0 Å². The van der Waals surface area contributed by atoms with Gasteiger partial charge in [-0.1, -0.05) is 83.6 Å². The molecule has 0 aromatic heterocycles. The lowest BCUT2D eigenvalue weighted by Gasteiger charge is -2.53. The van der Waals surface area contributed by atoms with Crippen molar-refractivity contribution in [2.45, 2.75) is 172 Å². The summed E-state index contributed by atoms with van der Waals surface area (Å²) in [7, 11) is -2.13. The summed E-state index contributed by atoms with van der Waals surface area (Å²) in [6.07, 6.45) is 14.0. The smallest absolute Gasteiger partial charge is 0.453 e. The molecule has 300 valence electrons. The largest absolute Gasteiger partial charge is 0.508 e. The first kappa shape index (κ1) is 43.7. The van der Waals surface area contributed by atoms with E-state index in [1.165, 1.54) is 49.7 Å². The van der Waals surface area contributed by atoms with E-state index in [0.29, 0.717) is 41.6 Å². The lowest BCUT2D eigenvalue weighted by Crippen LogP contribution is -2.47. The summed E-state index contributed by atoms with van der Waals surface area (Å²) < 4.78 is 86.8. The molecule has 0 heterocycles. The Morgan fingerprint density at radius 2 is 1.25 bits per heavy atom. The van der Waals surface area contributed by atoms with Gasteiger partial charge in [0.2, 0.25) is 0 Å². The first-order chi connectivity index (χ1) is 24.7. The Bertz CT molecular complexity index is 1280. The van der Waals surface area contributed by atoms with Crippen molar-refractivity contribution in [1.29, 1.82) is 0 Å². The fourth-order valence-corrected chi connectivity index (χ4v) is 12.2. The zero-order valence-electron chi connectivity index (χ0n) is 31.4. The van der Waals surface area contributed by atoms with Crippen molar-refractivity contribution in [3.8, 4) is 5.75 Å². The molecule has 0 saturated heterocycles. The van der Waals surface area contributed by atoms with Crippen molar-refractivity contribution in [1.82, 2.24) is 0 Å². The number of aliphatic hydroxyl groups is 1. The van der Waals surface area contributed by atoms with Crippen LogP contribution in [0.2, 0.25) is 0 Å². The molecule has 2 saturated carbocycles. The number of benzene rings is 1. The number of halogens is 5. The monoisotopic (exact) mass is 780 g/mol. The molecular weight excluding hydrogens is 716 g/mol. The summed E-state index contributed by atoms with van der Waals surface area (Å²) in [6.45, 7) is 2.34. The molecule has 52 heavy (non-hydrogen) atoms. The molecule has 4 nitrogen and oxygen atoms in total. The van der Waals surface area contributed by atoms with E-state index in [1.54, 1.807) is 0 Å². The van der Waals surface area contributed by atoms with Crippen molar-refractivity contribution < 1.29 is 40.6 Å². The van der Waals surface area contributed by atoms with Gasteiger partial charge in [0.05, 0.1) is 6.10 Å². The van der Waals surface area contributed by atoms with Crippen molar-refractivity contribution in [2.75, 3.05) is 23.0 Å². The Kier molecular flexibility index (Phi) is 17.4. The van der Waals surface area contributed by atoms with Crippen LogP contribution in [0.1, 0.15) is 159 Å². The molecule has 3 aliphatic carbocycles. The molecule has 0 aliphatic heterocycles. The van der Waals surface area contributed by atoms with Crippen molar-refractivity contribution in [3.63, 3.8) is 0 Å². The quantitative estimate of drug-likeness (QED) is 0.0809. The second-order valence-corrected chi connectivity index (χ2v) is 19.9. The van der Waals surface area contributed by atoms with E-state index in [9.17, 15) is 40.6 Å². The minimum atomic E-state index is -5.55. The van der Waals surface area contributed by atoms with E-state index in [-0.39, 0.29) is 17.3 Å². The third kappa shape index (κ3) is 12.5. The lowest BCUT2D eigenvalue weighted by atomic mass is 9.52. The third-order valence-electron chi connectivity index (χ3n) is 12.8. The van der Waals surface area contributed by atoms with Gasteiger partial charge in [0.1, 0.15) is 5.75 Å². The van der Waals surface area contributed by atoms with Crippen LogP contribution in [0.15, 0.2) is 18.2 Å². The summed E-state index contributed by atoms with van der Waals surface area (Å²) in [4.78, 5) is 0. The third-order valence-corrected chi connectivity index (χ3v) is 15.8. The van der Waals surface area contributed by atoms with Gasteiger partial charge in [-0.15, -0.1) is 0 Å². The molecule has 1 aromatic carbocycles. The number of aliphatic hydroxyl groups excluding tert-OH is 1. The fraction of sp³-hybridized carbons (Fsp3) is 0.854. The first-order valence-electron chi connectivity index (χ1n) is 20.4. The molecule has 3 aliphatic rings. The van der Waals surface area contributed by atoms with Crippen LogP contribution in [-0.4, -0.2) is 59.8 Å². The van der Waals surface area contributed by atoms with Gasteiger partial charge in [-0.25, -0.2) is 0 Å². The molecule has 0 unspecified atom stereocenters. The van der Waals surface area contributed by atoms with Gasteiger partial charge in [0.15, 0.2) is 0 Å². The molecule has 2 N–H and O–H groups in total. The summed E-state index contributed by atoms with van der Waals surface area (Å²) in [6, 6.07) is 6.03. The predicted molar refractivity (Wildman–Crippen MR) is 203 cm³/mol. The molecule has 0 bridgehead atoms. The number of fused-ring (bicyclic) bond motifs is 5. The molecular formula is C41H65F5O4S2. The topological polar surface area (TPSA) is 74.6 Å². The molecule has 2 fully saturated rings.